The molecule has 0 saturated heterocycles. The Balaban J connectivity index is 1.78. The zero-order valence-corrected chi connectivity index (χ0v) is 15.9. The van der Waals surface area contributed by atoms with Crippen LogP contribution >= 0.6 is 11.6 Å². The maximum Gasteiger partial charge on any atom is 0.282 e. The van der Waals surface area contributed by atoms with Crippen LogP contribution in [0.5, 0.6) is 0 Å². The van der Waals surface area contributed by atoms with E-state index in [4.69, 9.17) is 11.6 Å². The quantitative estimate of drug-likeness (QED) is 0.494. The number of nitrogens with zero attached hydrogens (tertiary/aromatic N) is 5. The van der Waals surface area contributed by atoms with Crippen LogP contribution in [0.15, 0.2) is 58.4 Å². The molecule has 2 heterocycles. The number of rotatable bonds is 3. The van der Waals surface area contributed by atoms with Crippen molar-refractivity contribution in [1.29, 1.82) is 0 Å². The van der Waals surface area contributed by atoms with E-state index in [0.29, 0.717) is 38.8 Å². The first-order chi connectivity index (χ1) is 13.5. The van der Waals surface area contributed by atoms with Gasteiger partial charge in [-0.05, 0) is 50.2 Å². The average Bonchev–Trinajstić information content (AvgIpc) is 2.96. The van der Waals surface area contributed by atoms with Crippen molar-refractivity contribution in [2.45, 2.75) is 13.8 Å². The lowest BCUT2D eigenvalue weighted by Gasteiger charge is -2.05. The van der Waals surface area contributed by atoms with Gasteiger partial charge in [-0.3, -0.25) is 4.79 Å². The summed E-state index contributed by atoms with van der Waals surface area (Å²) < 4.78 is 15.9. The van der Waals surface area contributed by atoms with Gasteiger partial charge in [0.2, 0.25) is 0 Å². The van der Waals surface area contributed by atoms with Crippen LogP contribution in [0, 0.1) is 19.7 Å². The standard InChI is InChI=1S/C20H15ClFN5O/c1-12-17(19(21)27(25-12)15-9-7-14(22)8-10-15)11-23-26-13(2)24-18-6-4-3-5-16(18)20(26)28/h3-11H,1-2H3/b23-11+. The van der Waals surface area contributed by atoms with E-state index < -0.39 is 0 Å². The van der Waals surface area contributed by atoms with Gasteiger partial charge in [-0.25, -0.2) is 14.1 Å². The van der Waals surface area contributed by atoms with E-state index in [1.165, 1.54) is 27.7 Å². The van der Waals surface area contributed by atoms with Crippen molar-refractivity contribution in [3.05, 3.63) is 86.9 Å². The molecule has 0 aliphatic rings. The molecule has 0 spiro atoms. The first-order valence-corrected chi connectivity index (χ1v) is 8.87. The molecule has 0 N–H and O–H groups in total. The van der Waals surface area contributed by atoms with E-state index in [2.05, 4.69) is 15.2 Å². The fraction of sp³-hybridized carbons (Fsp3) is 0.100. The number of para-hydroxylation sites is 1. The normalized spacial score (nSPS) is 11.6. The maximum atomic E-state index is 13.2. The van der Waals surface area contributed by atoms with Crippen LogP contribution in [-0.2, 0) is 0 Å². The largest absolute Gasteiger partial charge is 0.282 e. The Bertz CT molecular complexity index is 1270. The summed E-state index contributed by atoms with van der Waals surface area (Å²) in [4.78, 5) is 17.1. The zero-order chi connectivity index (χ0) is 19.8. The van der Waals surface area contributed by atoms with E-state index in [1.807, 2.05) is 6.07 Å². The summed E-state index contributed by atoms with van der Waals surface area (Å²) in [6.45, 7) is 3.49. The molecule has 8 heteroatoms. The van der Waals surface area contributed by atoms with E-state index in [0.717, 1.165) is 0 Å². The van der Waals surface area contributed by atoms with E-state index >= 15 is 0 Å². The third kappa shape index (κ3) is 3.10. The number of halogens is 2. The molecule has 0 saturated carbocycles. The molecule has 2 aromatic heterocycles. The summed E-state index contributed by atoms with van der Waals surface area (Å²) in [5, 5.41) is 9.47. The molecule has 0 amide bonds. The average molecular weight is 396 g/mol. The van der Waals surface area contributed by atoms with Crippen LogP contribution in [0.25, 0.3) is 16.6 Å². The molecule has 28 heavy (non-hydrogen) atoms. The van der Waals surface area contributed by atoms with Crippen molar-refractivity contribution < 1.29 is 4.39 Å². The number of aryl methyl sites for hydroxylation is 2. The topological polar surface area (TPSA) is 65.1 Å². The molecule has 0 fully saturated rings. The Morgan fingerprint density at radius 1 is 1.11 bits per heavy atom. The van der Waals surface area contributed by atoms with E-state index in [1.54, 1.807) is 44.2 Å². The molecule has 140 valence electrons. The number of hydrogen-bond donors (Lipinski definition) is 0. The molecule has 0 radical (unpaired) electrons. The first kappa shape index (κ1) is 18.1. The highest BCUT2D eigenvalue weighted by Crippen LogP contribution is 2.22. The molecule has 6 nitrogen and oxygen atoms in total. The van der Waals surface area contributed by atoms with Gasteiger partial charge in [0.15, 0.2) is 0 Å². The van der Waals surface area contributed by atoms with Gasteiger partial charge < -0.3 is 0 Å². The summed E-state index contributed by atoms with van der Waals surface area (Å²) in [6.07, 6.45) is 1.48. The molecule has 0 aliphatic heterocycles. The SMILES string of the molecule is Cc1nn(-c2ccc(F)cc2)c(Cl)c1/C=N/n1c(C)nc2ccccc2c1=O. The van der Waals surface area contributed by atoms with Gasteiger partial charge in [-0.2, -0.15) is 14.9 Å². The summed E-state index contributed by atoms with van der Waals surface area (Å²) in [5.41, 5.74) is 2.16. The highest BCUT2D eigenvalue weighted by atomic mass is 35.5. The summed E-state index contributed by atoms with van der Waals surface area (Å²) in [6, 6.07) is 12.9. The van der Waals surface area contributed by atoms with Gasteiger partial charge >= 0.3 is 0 Å². The Kier molecular flexibility index (Phi) is 4.52. The molecule has 0 aliphatic carbocycles. The minimum absolute atomic E-state index is 0.265. The minimum Gasteiger partial charge on any atom is -0.267 e. The van der Waals surface area contributed by atoms with E-state index in [9.17, 15) is 9.18 Å². The second-order valence-corrected chi connectivity index (χ2v) is 6.57. The molecule has 0 bridgehead atoms. The molecular formula is C20H15ClFN5O. The lowest BCUT2D eigenvalue weighted by Crippen LogP contribution is -2.20. The van der Waals surface area contributed by atoms with Gasteiger partial charge in [-0.15, -0.1) is 0 Å². The van der Waals surface area contributed by atoms with Crippen LogP contribution in [-0.4, -0.2) is 25.7 Å². The van der Waals surface area contributed by atoms with Gasteiger partial charge in [0, 0.05) is 0 Å². The second kappa shape index (κ2) is 7.01. The van der Waals surface area contributed by atoms with Crippen LogP contribution < -0.4 is 5.56 Å². The van der Waals surface area contributed by atoms with Crippen molar-refractivity contribution >= 4 is 28.7 Å². The van der Waals surface area contributed by atoms with Crippen LogP contribution in [0.1, 0.15) is 17.1 Å². The van der Waals surface area contributed by atoms with Crippen LogP contribution in [0.2, 0.25) is 5.15 Å². The van der Waals surface area contributed by atoms with E-state index in [-0.39, 0.29) is 11.4 Å². The predicted octanol–water partition coefficient (Wildman–Crippen LogP) is 3.87. The zero-order valence-electron chi connectivity index (χ0n) is 15.1. The summed E-state index contributed by atoms with van der Waals surface area (Å²) in [5.74, 6) is 0.115. The van der Waals surface area contributed by atoms with Gasteiger partial charge in [0.1, 0.15) is 16.8 Å². The highest BCUT2D eigenvalue weighted by Gasteiger charge is 2.14. The lowest BCUT2D eigenvalue weighted by atomic mass is 10.2. The minimum atomic E-state index is -0.343. The van der Waals surface area contributed by atoms with Crippen molar-refractivity contribution in [2.24, 2.45) is 5.10 Å². The fourth-order valence-electron chi connectivity index (χ4n) is 2.90. The van der Waals surface area contributed by atoms with Gasteiger partial charge in [-0.1, -0.05) is 23.7 Å². The number of hydrogen-bond acceptors (Lipinski definition) is 4. The van der Waals surface area contributed by atoms with Crippen molar-refractivity contribution in [2.75, 3.05) is 0 Å². The molecular weight excluding hydrogens is 381 g/mol. The van der Waals surface area contributed by atoms with Gasteiger partial charge in [0.25, 0.3) is 5.56 Å². The van der Waals surface area contributed by atoms with Crippen LogP contribution in [0.4, 0.5) is 4.39 Å². The highest BCUT2D eigenvalue weighted by molar-refractivity contribution is 6.32. The monoisotopic (exact) mass is 395 g/mol. The maximum absolute atomic E-state index is 13.2. The second-order valence-electron chi connectivity index (χ2n) is 6.22. The van der Waals surface area contributed by atoms with Crippen molar-refractivity contribution in [1.82, 2.24) is 19.4 Å². The Labute approximate surface area is 164 Å². The third-order valence-corrected chi connectivity index (χ3v) is 4.70. The number of benzene rings is 2. The van der Waals surface area contributed by atoms with Crippen LogP contribution in [0.3, 0.4) is 0 Å². The van der Waals surface area contributed by atoms with Crippen molar-refractivity contribution in [3.8, 4) is 5.69 Å². The molecule has 0 unspecified atom stereocenters. The van der Waals surface area contributed by atoms with Crippen molar-refractivity contribution in [3.63, 3.8) is 0 Å². The summed E-state index contributed by atoms with van der Waals surface area (Å²) >= 11 is 6.46. The Hall–Kier alpha value is -3.32. The first-order valence-electron chi connectivity index (χ1n) is 8.49. The molecule has 4 aromatic rings. The number of aromatic nitrogens is 4. The molecule has 4 rings (SSSR count). The smallest absolute Gasteiger partial charge is 0.267 e. The molecule has 0 atom stereocenters. The van der Waals surface area contributed by atoms with Gasteiger partial charge in [0.05, 0.1) is 34.1 Å². The predicted molar refractivity (Wildman–Crippen MR) is 107 cm³/mol. The summed E-state index contributed by atoms with van der Waals surface area (Å²) in [7, 11) is 0. The number of fused-ring (bicyclic) bond motifs is 1. The fourth-order valence-corrected chi connectivity index (χ4v) is 3.22. The third-order valence-electron chi connectivity index (χ3n) is 4.34. The lowest BCUT2D eigenvalue weighted by molar-refractivity contribution is 0.627. The Morgan fingerprint density at radius 2 is 1.82 bits per heavy atom. The Morgan fingerprint density at radius 3 is 2.57 bits per heavy atom. The molecule has 2 aromatic carbocycles.